The molecule has 1 fully saturated rings. The molecule has 0 radical (unpaired) electrons. The third-order valence-corrected chi connectivity index (χ3v) is 6.21. The highest BCUT2D eigenvalue weighted by Gasteiger charge is 2.27. The molecule has 0 amide bonds. The number of hydrogen-bond donors (Lipinski definition) is 3. The number of aromatic amines is 1. The van der Waals surface area contributed by atoms with Crippen LogP contribution in [0.1, 0.15) is 46.1 Å². The molecule has 2 unspecified atom stereocenters. The number of benzene rings is 1. The largest absolute Gasteiger partial charge is 0.385 e. The van der Waals surface area contributed by atoms with Crippen LogP contribution in [-0.4, -0.2) is 31.6 Å². The highest BCUT2D eigenvalue weighted by molar-refractivity contribution is 5.83. The third kappa shape index (κ3) is 4.20. The second kappa shape index (κ2) is 7.97. The summed E-state index contributed by atoms with van der Waals surface area (Å²) >= 11 is 0. The smallest absolute Gasteiger partial charge is 0.260 e. The monoisotopic (exact) mass is 430 g/mol. The van der Waals surface area contributed by atoms with Crippen molar-refractivity contribution in [2.45, 2.75) is 51.6 Å². The van der Waals surface area contributed by atoms with E-state index in [2.05, 4.69) is 70.2 Å². The molecule has 3 heterocycles. The van der Waals surface area contributed by atoms with Crippen LogP contribution in [0, 0.1) is 5.92 Å². The van der Waals surface area contributed by atoms with Gasteiger partial charge in [-0.15, -0.1) is 0 Å². The summed E-state index contributed by atoms with van der Waals surface area (Å²) in [5, 5.41) is 8.86. The summed E-state index contributed by atoms with van der Waals surface area (Å²) in [7, 11) is 0. The molecule has 0 saturated heterocycles. The van der Waals surface area contributed by atoms with Crippen molar-refractivity contribution in [2.24, 2.45) is 5.92 Å². The molecule has 3 N–H and O–H groups in total. The second-order valence-corrected chi connectivity index (χ2v) is 9.88. The molecule has 0 aliphatic heterocycles. The summed E-state index contributed by atoms with van der Waals surface area (Å²) in [6, 6.07) is 12.8. The summed E-state index contributed by atoms with van der Waals surface area (Å²) < 4.78 is 2.17. The Kier molecular flexibility index (Phi) is 5.12. The molecule has 1 aromatic carbocycles. The number of aromatic nitrogens is 4. The van der Waals surface area contributed by atoms with Crippen molar-refractivity contribution in [1.29, 1.82) is 0 Å². The number of hydrogen-bond acceptors (Lipinski definition) is 5. The molecule has 1 saturated carbocycles. The van der Waals surface area contributed by atoms with Gasteiger partial charge in [-0.2, -0.15) is 0 Å². The Morgan fingerprint density at radius 2 is 2.00 bits per heavy atom. The lowest BCUT2D eigenvalue weighted by atomic mass is 10.1. The highest BCUT2D eigenvalue weighted by Crippen LogP contribution is 2.36. The summed E-state index contributed by atoms with van der Waals surface area (Å²) in [5.74, 6) is 1.48. The van der Waals surface area contributed by atoms with Gasteiger partial charge in [0.25, 0.3) is 5.56 Å². The first-order valence-corrected chi connectivity index (χ1v) is 11.3. The average Bonchev–Trinajstić information content (AvgIpc) is 3.38. The predicted molar refractivity (Wildman–Crippen MR) is 130 cm³/mol. The van der Waals surface area contributed by atoms with Gasteiger partial charge in [-0.25, -0.2) is 9.97 Å². The Balaban J connectivity index is 1.25. The molecule has 5 rings (SSSR count). The summed E-state index contributed by atoms with van der Waals surface area (Å²) in [6.45, 7) is 7.33. The van der Waals surface area contributed by atoms with E-state index in [0.29, 0.717) is 17.3 Å². The van der Waals surface area contributed by atoms with E-state index >= 15 is 0 Å². The lowest BCUT2D eigenvalue weighted by molar-refractivity contribution is 0.496. The van der Waals surface area contributed by atoms with Gasteiger partial charge in [-0.05, 0) is 76.3 Å². The lowest BCUT2D eigenvalue weighted by Crippen LogP contribution is -2.26. The normalized spacial score (nSPS) is 19.0. The lowest BCUT2D eigenvalue weighted by Gasteiger charge is -2.21. The SMILES string of the molecule is CC(C)(C)Nc1ccc2ccc(NCC3CCC(n4ccc5c(=O)[nH]cnc54)C3)cc2n1. The zero-order chi connectivity index (χ0) is 22.3. The van der Waals surface area contributed by atoms with E-state index in [9.17, 15) is 4.79 Å². The number of anilines is 2. The number of fused-ring (bicyclic) bond motifs is 2. The van der Waals surface area contributed by atoms with Crippen LogP contribution in [0.4, 0.5) is 11.5 Å². The van der Waals surface area contributed by atoms with Crippen LogP contribution in [0.3, 0.4) is 0 Å². The molecule has 1 aliphatic rings. The second-order valence-electron chi connectivity index (χ2n) is 9.88. The molecule has 3 aromatic heterocycles. The van der Waals surface area contributed by atoms with Crippen LogP contribution in [0.5, 0.6) is 0 Å². The molecule has 2 atom stereocenters. The number of nitrogens with zero attached hydrogens (tertiary/aromatic N) is 3. The number of nitrogens with one attached hydrogen (secondary N) is 3. The Labute approximate surface area is 187 Å². The maximum Gasteiger partial charge on any atom is 0.260 e. The van der Waals surface area contributed by atoms with Gasteiger partial charge in [0.15, 0.2) is 0 Å². The fraction of sp³-hybridized carbons (Fsp3) is 0.400. The van der Waals surface area contributed by atoms with E-state index in [-0.39, 0.29) is 11.1 Å². The Hall–Kier alpha value is -3.35. The summed E-state index contributed by atoms with van der Waals surface area (Å²) in [5.41, 5.74) is 2.77. The zero-order valence-corrected chi connectivity index (χ0v) is 18.9. The van der Waals surface area contributed by atoms with Crippen molar-refractivity contribution in [3.05, 3.63) is 59.3 Å². The standard InChI is InChI=1S/C25H30N6O/c1-25(2,3)30-22-9-6-17-5-7-18(13-21(17)29-22)26-14-16-4-8-19(12-16)31-11-10-20-23(31)27-15-28-24(20)32/h5-7,9-11,13,15-16,19,26H,4,8,12,14H2,1-3H3,(H,29,30)(H,27,28,32). The first kappa shape index (κ1) is 20.5. The Morgan fingerprint density at radius 1 is 1.16 bits per heavy atom. The van der Waals surface area contributed by atoms with E-state index in [1.807, 2.05) is 18.3 Å². The van der Waals surface area contributed by atoms with Crippen LogP contribution >= 0.6 is 0 Å². The first-order chi connectivity index (χ1) is 15.4. The molecule has 7 nitrogen and oxygen atoms in total. The number of rotatable bonds is 5. The fourth-order valence-electron chi connectivity index (χ4n) is 4.71. The van der Waals surface area contributed by atoms with Crippen molar-refractivity contribution in [1.82, 2.24) is 19.5 Å². The zero-order valence-electron chi connectivity index (χ0n) is 18.9. The first-order valence-electron chi connectivity index (χ1n) is 11.3. The Bertz CT molecular complexity index is 1320. The van der Waals surface area contributed by atoms with E-state index in [4.69, 9.17) is 4.98 Å². The number of pyridine rings is 1. The van der Waals surface area contributed by atoms with Crippen LogP contribution in [0.15, 0.2) is 53.7 Å². The van der Waals surface area contributed by atoms with Crippen LogP contribution in [0.25, 0.3) is 21.9 Å². The minimum atomic E-state index is -0.0734. The molecule has 32 heavy (non-hydrogen) atoms. The van der Waals surface area contributed by atoms with Crippen molar-refractivity contribution in [2.75, 3.05) is 17.2 Å². The molecule has 7 heteroatoms. The van der Waals surface area contributed by atoms with Crippen molar-refractivity contribution < 1.29 is 0 Å². The van der Waals surface area contributed by atoms with E-state index in [0.717, 1.165) is 53.9 Å². The van der Waals surface area contributed by atoms with Gasteiger partial charge in [0.2, 0.25) is 0 Å². The van der Waals surface area contributed by atoms with E-state index in [1.165, 1.54) is 6.33 Å². The van der Waals surface area contributed by atoms with Gasteiger partial charge in [0, 0.05) is 35.4 Å². The van der Waals surface area contributed by atoms with Crippen molar-refractivity contribution in [3.63, 3.8) is 0 Å². The number of H-pyrrole nitrogens is 1. The minimum Gasteiger partial charge on any atom is -0.385 e. The summed E-state index contributed by atoms with van der Waals surface area (Å²) in [6.07, 6.45) is 6.84. The minimum absolute atomic E-state index is 0.0242. The van der Waals surface area contributed by atoms with Gasteiger partial charge in [0.1, 0.15) is 11.5 Å². The molecule has 166 valence electrons. The molecule has 0 spiro atoms. The molecular formula is C25H30N6O. The van der Waals surface area contributed by atoms with Gasteiger partial charge < -0.3 is 20.2 Å². The van der Waals surface area contributed by atoms with Gasteiger partial charge in [-0.3, -0.25) is 4.79 Å². The van der Waals surface area contributed by atoms with Crippen LogP contribution < -0.4 is 16.2 Å². The highest BCUT2D eigenvalue weighted by atomic mass is 16.1. The van der Waals surface area contributed by atoms with Crippen molar-refractivity contribution in [3.8, 4) is 0 Å². The topological polar surface area (TPSA) is 87.6 Å². The quantitative estimate of drug-likeness (QED) is 0.418. The Morgan fingerprint density at radius 3 is 2.84 bits per heavy atom. The predicted octanol–water partition coefficient (Wildman–Crippen LogP) is 4.94. The molecular weight excluding hydrogens is 400 g/mol. The maximum atomic E-state index is 12.0. The summed E-state index contributed by atoms with van der Waals surface area (Å²) in [4.78, 5) is 23.8. The van der Waals surface area contributed by atoms with E-state index in [1.54, 1.807) is 0 Å². The van der Waals surface area contributed by atoms with Gasteiger partial charge >= 0.3 is 0 Å². The molecule has 1 aliphatic carbocycles. The maximum absolute atomic E-state index is 12.0. The molecule has 0 bridgehead atoms. The van der Waals surface area contributed by atoms with Crippen molar-refractivity contribution >= 4 is 33.4 Å². The average molecular weight is 431 g/mol. The third-order valence-electron chi connectivity index (χ3n) is 6.21. The molecule has 4 aromatic rings. The fourth-order valence-corrected chi connectivity index (χ4v) is 4.71. The van der Waals surface area contributed by atoms with Crippen LogP contribution in [0.2, 0.25) is 0 Å². The van der Waals surface area contributed by atoms with Gasteiger partial charge in [-0.1, -0.05) is 6.07 Å². The van der Waals surface area contributed by atoms with Crippen LogP contribution in [-0.2, 0) is 0 Å². The van der Waals surface area contributed by atoms with E-state index < -0.39 is 0 Å². The van der Waals surface area contributed by atoms with Gasteiger partial charge in [0.05, 0.1) is 17.2 Å².